The molecule has 1 aliphatic carbocycles. The first kappa shape index (κ1) is 12.1. The second kappa shape index (κ2) is 4.99. The van der Waals surface area contributed by atoms with E-state index >= 15 is 0 Å². The lowest BCUT2D eigenvalue weighted by Gasteiger charge is -2.29. The topological polar surface area (TPSA) is 70.7 Å². The monoisotopic (exact) mass is 258 g/mol. The molecule has 0 aliphatic heterocycles. The number of benzene rings is 1. The van der Waals surface area contributed by atoms with Gasteiger partial charge < -0.3 is 5.32 Å². The van der Waals surface area contributed by atoms with E-state index in [0.29, 0.717) is 17.5 Å². The van der Waals surface area contributed by atoms with Gasteiger partial charge >= 0.3 is 0 Å². The summed E-state index contributed by atoms with van der Waals surface area (Å²) in [4.78, 5) is 12.3. The van der Waals surface area contributed by atoms with E-state index in [0.717, 1.165) is 17.5 Å². The minimum atomic E-state index is -0.0105. The Hall–Kier alpha value is -1.91. The number of nitrogens with zero attached hydrogens (tertiary/aromatic N) is 2. The average Bonchev–Trinajstić information content (AvgIpc) is 2.88. The molecule has 2 N–H and O–H groups in total. The molecule has 2 atom stereocenters. The molecular weight excluding hydrogens is 240 g/mol. The van der Waals surface area contributed by atoms with Crippen LogP contribution in [-0.4, -0.2) is 27.4 Å². The summed E-state index contributed by atoms with van der Waals surface area (Å²) in [6.45, 7) is 2.21. The number of H-pyrrole nitrogens is 1. The van der Waals surface area contributed by atoms with Crippen LogP contribution in [0.1, 0.15) is 43.0 Å². The smallest absolute Gasteiger partial charge is 0.251 e. The molecule has 0 radical (unpaired) electrons. The van der Waals surface area contributed by atoms with Crippen molar-refractivity contribution >= 4 is 16.9 Å². The summed E-state index contributed by atoms with van der Waals surface area (Å²) in [5.41, 5.74) is 2.16. The minimum absolute atomic E-state index is 0.0105. The second-order valence-electron chi connectivity index (χ2n) is 5.37. The van der Waals surface area contributed by atoms with Gasteiger partial charge in [0.1, 0.15) is 11.0 Å². The molecule has 0 saturated heterocycles. The molecular formula is C14H18N4O. The molecule has 1 amide bonds. The number of aromatic nitrogens is 3. The van der Waals surface area contributed by atoms with Crippen LogP contribution in [0.2, 0.25) is 0 Å². The first-order chi connectivity index (χ1) is 9.24. The van der Waals surface area contributed by atoms with Gasteiger partial charge in [-0.25, -0.2) is 0 Å². The molecule has 0 bridgehead atoms. The molecule has 1 aliphatic rings. The Kier molecular flexibility index (Phi) is 3.19. The Morgan fingerprint density at radius 2 is 2.05 bits per heavy atom. The van der Waals surface area contributed by atoms with Gasteiger partial charge in [-0.05, 0) is 37.0 Å². The van der Waals surface area contributed by atoms with E-state index in [1.54, 1.807) is 12.1 Å². The molecule has 1 fully saturated rings. The molecule has 0 unspecified atom stereocenters. The number of aromatic amines is 1. The maximum atomic E-state index is 12.3. The molecule has 3 rings (SSSR count). The number of carbonyl (C=O) groups excluding carboxylic acids is 1. The Morgan fingerprint density at radius 1 is 1.26 bits per heavy atom. The average molecular weight is 258 g/mol. The van der Waals surface area contributed by atoms with Crippen molar-refractivity contribution in [1.29, 1.82) is 0 Å². The number of hydrogen-bond donors (Lipinski definition) is 2. The van der Waals surface area contributed by atoms with Crippen LogP contribution in [0.4, 0.5) is 0 Å². The zero-order valence-corrected chi connectivity index (χ0v) is 11.0. The van der Waals surface area contributed by atoms with Gasteiger partial charge in [0.25, 0.3) is 5.91 Å². The van der Waals surface area contributed by atoms with Crippen molar-refractivity contribution in [3.05, 3.63) is 23.8 Å². The number of fused-ring (bicyclic) bond motifs is 1. The lowest BCUT2D eigenvalue weighted by molar-refractivity contribution is 0.0910. The predicted octanol–water partition coefficient (Wildman–Crippen LogP) is 2.27. The summed E-state index contributed by atoms with van der Waals surface area (Å²) < 4.78 is 0. The second-order valence-corrected chi connectivity index (χ2v) is 5.37. The SMILES string of the molecule is C[C@@H]1CCCC[C@H]1NC(=O)c1ccc2n[nH]nc2c1. The molecule has 2 aromatic rings. The summed E-state index contributed by atoms with van der Waals surface area (Å²) in [5, 5.41) is 13.7. The molecule has 5 nitrogen and oxygen atoms in total. The van der Waals surface area contributed by atoms with Gasteiger partial charge in [-0.2, -0.15) is 15.4 Å². The van der Waals surface area contributed by atoms with Crippen molar-refractivity contribution in [3.8, 4) is 0 Å². The fourth-order valence-corrected chi connectivity index (χ4v) is 2.76. The van der Waals surface area contributed by atoms with Crippen LogP contribution >= 0.6 is 0 Å². The maximum absolute atomic E-state index is 12.3. The Bertz CT molecular complexity index is 592. The zero-order valence-electron chi connectivity index (χ0n) is 11.0. The third-order valence-electron chi connectivity index (χ3n) is 4.01. The molecule has 1 aromatic heterocycles. The molecule has 1 aromatic carbocycles. The summed E-state index contributed by atoms with van der Waals surface area (Å²) in [6.07, 6.45) is 4.77. The van der Waals surface area contributed by atoms with Crippen molar-refractivity contribution in [2.24, 2.45) is 5.92 Å². The number of hydrogen-bond acceptors (Lipinski definition) is 3. The highest BCUT2D eigenvalue weighted by Crippen LogP contribution is 2.24. The van der Waals surface area contributed by atoms with Gasteiger partial charge in [0.2, 0.25) is 0 Å². The number of amides is 1. The van der Waals surface area contributed by atoms with Crippen molar-refractivity contribution in [2.75, 3.05) is 0 Å². The van der Waals surface area contributed by atoms with Crippen molar-refractivity contribution in [2.45, 2.75) is 38.6 Å². The number of rotatable bonds is 2. The molecule has 0 spiro atoms. The highest BCUT2D eigenvalue weighted by molar-refractivity contribution is 5.97. The van der Waals surface area contributed by atoms with Crippen molar-refractivity contribution in [3.63, 3.8) is 0 Å². The fraction of sp³-hybridized carbons (Fsp3) is 0.500. The summed E-state index contributed by atoms with van der Waals surface area (Å²) in [5.74, 6) is 0.553. The van der Waals surface area contributed by atoms with E-state index in [4.69, 9.17) is 0 Å². The van der Waals surface area contributed by atoms with Crippen molar-refractivity contribution in [1.82, 2.24) is 20.7 Å². The van der Waals surface area contributed by atoms with Gasteiger partial charge in [-0.3, -0.25) is 4.79 Å². The Balaban J connectivity index is 1.75. The summed E-state index contributed by atoms with van der Waals surface area (Å²) >= 11 is 0. The van der Waals surface area contributed by atoms with Crippen LogP contribution < -0.4 is 5.32 Å². The van der Waals surface area contributed by atoms with E-state index in [1.807, 2.05) is 6.07 Å². The fourth-order valence-electron chi connectivity index (χ4n) is 2.76. The third-order valence-corrected chi connectivity index (χ3v) is 4.01. The lowest BCUT2D eigenvalue weighted by Crippen LogP contribution is -2.41. The number of nitrogens with one attached hydrogen (secondary N) is 2. The molecule has 5 heteroatoms. The normalized spacial score (nSPS) is 23.4. The van der Waals surface area contributed by atoms with Crippen LogP contribution in [0.5, 0.6) is 0 Å². The first-order valence-corrected chi connectivity index (χ1v) is 6.85. The van der Waals surface area contributed by atoms with Gasteiger partial charge in [0.15, 0.2) is 0 Å². The van der Waals surface area contributed by atoms with E-state index in [2.05, 4.69) is 27.7 Å². The van der Waals surface area contributed by atoms with Crippen molar-refractivity contribution < 1.29 is 4.79 Å². The predicted molar refractivity (Wildman–Crippen MR) is 72.8 cm³/mol. The van der Waals surface area contributed by atoms with Crippen LogP contribution in [-0.2, 0) is 0 Å². The highest BCUT2D eigenvalue weighted by Gasteiger charge is 2.23. The van der Waals surface area contributed by atoms with Gasteiger partial charge in [0, 0.05) is 11.6 Å². The van der Waals surface area contributed by atoms with E-state index in [-0.39, 0.29) is 5.91 Å². The van der Waals surface area contributed by atoms with Gasteiger partial charge in [-0.1, -0.05) is 19.8 Å². The summed E-state index contributed by atoms with van der Waals surface area (Å²) in [6, 6.07) is 5.70. The summed E-state index contributed by atoms with van der Waals surface area (Å²) in [7, 11) is 0. The zero-order chi connectivity index (χ0) is 13.2. The van der Waals surface area contributed by atoms with Gasteiger partial charge in [0.05, 0.1) is 0 Å². The Morgan fingerprint density at radius 3 is 2.89 bits per heavy atom. The number of carbonyl (C=O) groups is 1. The van der Waals surface area contributed by atoms with Crippen LogP contribution in [0.15, 0.2) is 18.2 Å². The Labute approximate surface area is 111 Å². The molecule has 100 valence electrons. The molecule has 1 saturated carbocycles. The standard InChI is InChI=1S/C14H18N4O/c1-9-4-2-3-5-11(9)15-14(19)10-6-7-12-13(8-10)17-18-16-12/h6-9,11H,2-5H2,1H3,(H,15,19)(H,16,17,18)/t9-,11-/m1/s1. The maximum Gasteiger partial charge on any atom is 0.251 e. The lowest BCUT2D eigenvalue weighted by atomic mass is 9.86. The van der Waals surface area contributed by atoms with E-state index < -0.39 is 0 Å². The minimum Gasteiger partial charge on any atom is -0.349 e. The third kappa shape index (κ3) is 2.45. The van der Waals surface area contributed by atoms with E-state index in [1.165, 1.54) is 19.3 Å². The van der Waals surface area contributed by atoms with Gasteiger partial charge in [-0.15, -0.1) is 0 Å². The van der Waals surface area contributed by atoms with Crippen LogP contribution in [0.25, 0.3) is 11.0 Å². The highest BCUT2D eigenvalue weighted by atomic mass is 16.1. The first-order valence-electron chi connectivity index (χ1n) is 6.85. The van der Waals surface area contributed by atoms with E-state index in [9.17, 15) is 4.79 Å². The molecule has 1 heterocycles. The molecule has 19 heavy (non-hydrogen) atoms. The quantitative estimate of drug-likeness (QED) is 0.868. The van der Waals surface area contributed by atoms with Crippen LogP contribution in [0.3, 0.4) is 0 Å². The van der Waals surface area contributed by atoms with Crippen LogP contribution in [0, 0.1) is 5.92 Å². The largest absolute Gasteiger partial charge is 0.349 e.